The van der Waals surface area contributed by atoms with E-state index in [0.29, 0.717) is 17.4 Å². The largest absolute Gasteiger partial charge is 0.412 e. The average Bonchev–Trinajstić information content (AvgIpc) is 2.72. The average molecular weight is 540 g/mol. The SMILES string of the molecule is C.CNC[C@H]1CCC[C@@H](CN[C@@H](CN2CCC(C3CC=C(Cl)CC3)C(C)(C)C2)C(C)C)C1.O.O.O.O. The monoisotopic (exact) mass is 539 g/mol. The highest BCUT2D eigenvalue weighted by Crippen LogP contribution is 2.45. The minimum absolute atomic E-state index is 0. The molecule has 2 fully saturated rings. The Kier molecular flexibility index (Phi) is 21.1. The molecule has 1 aliphatic heterocycles. The maximum absolute atomic E-state index is 6.25. The van der Waals surface area contributed by atoms with Gasteiger partial charge in [0.1, 0.15) is 0 Å². The molecule has 0 spiro atoms. The van der Waals surface area contributed by atoms with Crippen molar-refractivity contribution in [1.82, 2.24) is 15.5 Å². The van der Waals surface area contributed by atoms with Crippen LogP contribution in [0.25, 0.3) is 0 Å². The lowest BCUT2D eigenvalue weighted by Gasteiger charge is -2.49. The highest BCUT2D eigenvalue weighted by atomic mass is 35.5. The van der Waals surface area contributed by atoms with Crippen LogP contribution in [0.5, 0.6) is 0 Å². The molecule has 36 heavy (non-hydrogen) atoms. The van der Waals surface area contributed by atoms with Gasteiger partial charge in [-0.2, -0.15) is 0 Å². The number of halogens is 1. The van der Waals surface area contributed by atoms with Crippen molar-refractivity contribution in [1.29, 1.82) is 0 Å². The Hall–Kier alpha value is -0.250. The van der Waals surface area contributed by atoms with Gasteiger partial charge in [-0.15, -0.1) is 0 Å². The van der Waals surface area contributed by atoms with Gasteiger partial charge in [-0.3, -0.25) is 0 Å². The van der Waals surface area contributed by atoms with Gasteiger partial charge in [0.2, 0.25) is 0 Å². The summed E-state index contributed by atoms with van der Waals surface area (Å²) < 4.78 is 0. The van der Waals surface area contributed by atoms with Gasteiger partial charge in [-0.05, 0) is 107 Å². The molecule has 220 valence electrons. The second-order valence-corrected chi connectivity index (χ2v) is 12.5. The number of nitrogens with one attached hydrogen (secondary N) is 2. The van der Waals surface area contributed by atoms with Gasteiger partial charge >= 0.3 is 0 Å². The summed E-state index contributed by atoms with van der Waals surface area (Å²) in [7, 11) is 2.10. The van der Waals surface area contributed by atoms with E-state index in [4.69, 9.17) is 11.6 Å². The van der Waals surface area contributed by atoms with E-state index in [0.717, 1.165) is 35.1 Å². The summed E-state index contributed by atoms with van der Waals surface area (Å²) in [5.41, 5.74) is 0.395. The Morgan fingerprint density at radius 2 is 1.67 bits per heavy atom. The zero-order valence-corrected chi connectivity index (χ0v) is 23.8. The van der Waals surface area contributed by atoms with E-state index < -0.39 is 0 Å². The first-order valence-corrected chi connectivity index (χ1v) is 13.6. The minimum atomic E-state index is 0. The fourth-order valence-electron chi connectivity index (χ4n) is 6.87. The molecule has 5 atom stereocenters. The fourth-order valence-corrected chi connectivity index (χ4v) is 7.07. The van der Waals surface area contributed by atoms with Crippen molar-refractivity contribution < 1.29 is 21.9 Å². The summed E-state index contributed by atoms with van der Waals surface area (Å²) in [6, 6.07) is 0.605. The van der Waals surface area contributed by atoms with E-state index in [-0.39, 0.29) is 29.3 Å². The molecule has 0 bridgehead atoms. The Morgan fingerprint density at radius 1 is 1.03 bits per heavy atom. The summed E-state index contributed by atoms with van der Waals surface area (Å²) in [6.45, 7) is 15.9. The molecule has 0 aromatic heterocycles. The summed E-state index contributed by atoms with van der Waals surface area (Å²) in [6.07, 6.45) is 12.9. The van der Waals surface area contributed by atoms with Gasteiger partial charge in [0.15, 0.2) is 0 Å². The van der Waals surface area contributed by atoms with Crippen LogP contribution in [0.1, 0.15) is 86.5 Å². The Bertz CT molecular complexity index is 589. The van der Waals surface area contributed by atoms with Crippen molar-refractivity contribution in [3.8, 4) is 0 Å². The lowest BCUT2D eigenvalue weighted by Crippen LogP contribution is -2.53. The third-order valence-electron chi connectivity index (χ3n) is 8.67. The van der Waals surface area contributed by atoms with Crippen LogP contribution in [0.4, 0.5) is 0 Å². The van der Waals surface area contributed by atoms with E-state index in [9.17, 15) is 0 Å². The van der Waals surface area contributed by atoms with Crippen LogP contribution in [0.2, 0.25) is 0 Å². The number of hydrogen-bond donors (Lipinski definition) is 2. The van der Waals surface area contributed by atoms with Crippen LogP contribution in [0.15, 0.2) is 11.1 Å². The second kappa shape index (κ2) is 18.9. The molecular weight excluding hydrogens is 478 g/mol. The number of likely N-dealkylation sites (tertiary alicyclic amines) is 1. The third-order valence-corrected chi connectivity index (χ3v) is 9.01. The van der Waals surface area contributed by atoms with Gasteiger partial charge in [-0.25, -0.2) is 0 Å². The molecule has 2 aliphatic carbocycles. The van der Waals surface area contributed by atoms with Crippen LogP contribution in [0, 0.1) is 35.0 Å². The van der Waals surface area contributed by atoms with Crippen molar-refractivity contribution in [2.24, 2.45) is 35.0 Å². The first-order valence-electron chi connectivity index (χ1n) is 13.2. The predicted octanol–water partition coefficient (Wildman–Crippen LogP) is 3.23. The van der Waals surface area contributed by atoms with Crippen molar-refractivity contribution in [2.75, 3.05) is 39.8 Å². The van der Waals surface area contributed by atoms with Gasteiger partial charge < -0.3 is 37.4 Å². The molecule has 10 N–H and O–H groups in total. The van der Waals surface area contributed by atoms with Crippen LogP contribution >= 0.6 is 11.6 Å². The van der Waals surface area contributed by atoms with E-state index >= 15 is 0 Å². The molecule has 0 amide bonds. The van der Waals surface area contributed by atoms with Gasteiger partial charge in [0.05, 0.1) is 0 Å². The summed E-state index contributed by atoms with van der Waals surface area (Å²) in [4.78, 5) is 2.77. The highest BCUT2D eigenvalue weighted by Gasteiger charge is 2.40. The minimum Gasteiger partial charge on any atom is -0.412 e. The van der Waals surface area contributed by atoms with E-state index in [1.807, 2.05) is 0 Å². The molecule has 2 unspecified atom stereocenters. The predicted molar refractivity (Wildman–Crippen MR) is 157 cm³/mol. The number of nitrogens with zero attached hydrogens (tertiary/aromatic N) is 1. The standard InChI is InChI=1S/C27H50ClN3.CH4.4H2O/c1-20(2)26(30-17-22-8-6-7-21(15-22)16-29-5)18-31-14-13-25(27(3,4)19-31)23-9-11-24(28)12-10-23;;;;;/h11,20-23,25-26,29-30H,6-10,12-19H2,1-5H3;1H4;4*1H2/t21-,22+,23?,25?,26-;;;;;/m0...../s1. The van der Waals surface area contributed by atoms with Crippen molar-refractivity contribution in [2.45, 2.75) is 92.5 Å². The van der Waals surface area contributed by atoms with Crippen LogP contribution < -0.4 is 10.6 Å². The summed E-state index contributed by atoms with van der Waals surface area (Å²) >= 11 is 6.25. The van der Waals surface area contributed by atoms with E-state index in [1.54, 1.807) is 0 Å². The first-order chi connectivity index (χ1) is 14.8. The van der Waals surface area contributed by atoms with Crippen LogP contribution in [0.3, 0.4) is 0 Å². The third kappa shape index (κ3) is 11.6. The molecule has 0 radical (unpaired) electrons. The zero-order chi connectivity index (χ0) is 22.4. The Labute approximate surface area is 227 Å². The molecule has 0 aromatic carbocycles. The highest BCUT2D eigenvalue weighted by molar-refractivity contribution is 6.29. The Balaban J connectivity index is -0.00000218. The molecule has 0 aromatic rings. The number of rotatable bonds is 9. The molecule has 1 saturated carbocycles. The number of piperidine rings is 1. The fraction of sp³-hybridized carbons (Fsp3) is 0.929. The normalized spacial score (nSPS) is 28.7. The first kappa shape index (κ1) is 40.2. The maximum Gasteiger partial charge on any atom is 0.0218 e. The summed E-state index contributed by atoms with van der Waals surface area (Å²) in [5, 5.41) is 8.51. The molecule has 1 saturated heterocycles. The lowest BCUT2D eigenvalue weighted by atomic mass is 9.65. The molecule has 3 rings (SSSR count). The topological polar surface area (TPSA) is 153 Å². The molecule has 3 aliphatic rings. The van der Waals surface area contributed by atoms with Crippen molar-refractivity contribution in [3.63, 3.8) is 0 Å². The van der Waals surface area contributed by atoms with Gasteiger partial charge in [0, 0.05) is 24.2 Å². The smallest absolute Gasteiger partial charge is 0.0218 e. The quantitative estimate of drug-likeness (QED) is 0.462. The molecule has 1 heterocycles. The maximum atomic E-state index is 6.25. The molecular formula is C28H62ClN3O4. The van der Waals surface area contributed by atoms with E-state index in [1.165, 1.54) is 77.7 Å². The number of allylic oxidation sites excluding steroid dienone is 2. The zero-order valence-electron chi connectivity index (χ0n) is 23.1. The molecule has 7 nitrogen and oxygen atoms in total. The van der Waals surface area contributed by atoms with Crippen LogP contribution in [-0.2, 0) is 0 Å². The van der Waals surface area contributed by atoms with Crippen molar-refractivity contribution >= 4 is 11.6 Å². The van der Waals surface area contributed by atoms with Gasteiger partial charge in [-0.1, -0.05) is 59.2 Å². The van der Waals surface area contributed by atoms with Crippen LogP contribution in [-0.4, -0.2) is 72.6 Å². The van der Waals surface area contributed by atoms with E-state index in [2.05, 4.69) is 56.4 Å². The second-order valence-electron chi connectivity index (χ2n) is 12.0. The lowest BCUT2D eigenvalue weighted by molar-refractivity contribution is 0.0114. The summed E-state index contributed by atoms with van der Waals surface area (Å²) in [5.74, 6) is 4.09. The Morgan fingerprint density at radius 3 is 2.19 bits per heavy atom. The van der Waals surface area contributed by atoms with Crippen molar-refractivity contribution in [3.05, 3.63) is 11.1 Å². The van der Waals surface area contributed by atoms with Gasteiger partial charge in [0.25, 0.3) is 0 Å². The number of hydrogen-bond acceptors (Lipinski definition) is 3. The molecule has 8 heteroatoms.